The van der Waals surface area contributed by atoms with Crippen molar-refractivity contribution in [3.63, 3.8) is 0 Å². The number of nitrogens with zero attached hydrogens (tertiary/aromatic N) is 4. The van der Waals surface area contributed by atoms with Crippen LogP contribution in [0.4, 0.5) is 0 Å². The van der Waals surface area contributed by atoms with E-state index in [9.17, 15) is 0 Å². The van der Waals surface area contributed by atoms with Crippen molar-refractivity contribution in [1.29, 1.82) is 0 Å². The fraction of sp³-hybridized carbons (Fsp3) is 0.312. The van der Waals surface area contributed by atoms with Crippen molar-refractivity contribution >= 4 is 23.4 Å². The number of imidazole rings is 1. The molecule has 7 heteroatoms. The lowest BCUT2D eigenvalue weighted by Crippen LogP contribution is -1.98. The van der Waals surface area contributed by atoms with Crippen LogP contribution in [-0.4, -0.2) is 19.7 Å². The molecule has 0 aliphatic rings. The SMILES string of the molecule is CC(C)c1noc([C@H](C)Sc2nccn2-c2cccc(Cl)c2)n1. The van der Waals surface area contributed by atoms with Crippen molar-refractivity contribution in [2.24, 2.45) is 0 Å². The van der Waals surface area contributed by atoms with Crippen LogP contribution >= 0.6 is 23.4 Å². The van der Waals surface area contributed by atoms with Crippen LogP contribution in [0.5, 0.6) is 0 Å². The minimum atomic E-state index is 0.00957. The molecule has 0 bridgehead atoms. The van der Waals surface area contributed by atoms with Crippen molar-refractivity contribution in [2.45, 2.75) is 37.1 Å². The summed E-state index contributed by atoms with van der Waals surface area (Å²) in [5, 5.41) is 5.57. The van der Waals surface area contributed by atoms with E-state index in [-0.39, 0.29) is 11.2 Å². The van der Waals surface area contributed by atoms with E-state index in [0.717, 1.165) is 16.7 Å². The van der Waals surface area contributed by atoms with E-state index in [1.807, 2.05) is 55.8 Å². The number of hydrogen-bond acceptors (Lipinski definition) is 5. The molecule has 3 rings (SSSR count). The number of halogens is 1. The highest BCUT2D eigenvalue weighted by atomic mass is 35.5. The van der Waals surface area contributed by atoms with Crippen molar-refractivity contribution in [3.05, 3.63) is 53.4 Å². The predicted octanol–water partition coefficient (Wildman–Crippen LogP) is 4.89. The third kappa shape index (κ3) is 3.59. The Bertz CT molecular complexity index is 799. The van der Waals surface area contributed by atoms with Crippen molar-refractivity contribution in [2.75, 3.05) is 0 Å². The Labute approximate surface area is 144 Å². The maximum atomic E-state index is 6.07. The zero-order chi connectivity index (χ0) is 16.4. The first-order valence-corrected chi connectivity index (χ1v) is 8.60. The number of thioether (sulfide) groups is 1. The first-order chi connectivity index (χ1) is 11.0. The van der Waals surface area contributed by atoms with Crippen LogP contribution in [-0.2, 0) is 0 Å². The lowest BCUT2D eigenvalue weighted by molar-refractivity contribution is 0.373. The van der Waals surface area contributed by atoms with Crippen LogP contribution < -0.4 is 0 Å². The third-order valence-corrected chi connectivity index (χ3v) is 4.60. The molecule has 1 aromatic carbocycles. The highest BCUT2D eigenvalue weighted by Gasteiger charge is 2.19. The van der Waals surface area contributed by atoms with Gasteiger partial charge >= 0.3 is 0 Å². The molecule has 0 aliphatic heterocycles. The molecule has 0 spiro atoms. The van der Waals surface area contributed by atoms with Gasteiger partial charge in [-0.1, -0.05) is 48.4 Å². The molecule has 0 saturated carbocycles. The van der Waals surface area contributed by atoms with Gasteiger partial charge in [-0.2, -0.15) is 4.98 Å². The fourth-order valence-corrected chi connectivity index (χ4v) is 3.15. The fourth-order valence-electron chi connectivity index (χ4n) is 2.05. The average Bonchev–Trinajstić information content (AvgIpc) is 3.16. The zero-order valence-electron chi connectivity index (χ0n) is 13.1. The molecule has 0 amide bonds. The van der Waals surface area contributed by atoms with Gasteiger partial charge in [-0.25, -0.2) is 4.98 Å². The summed E-state index contributed by atoms with van der Waals surface area (Å²) < 4.78 is 7.35. The molecule has 2 heterocycles. The van der Waals surface area contributed by atoms with Crippen LogP contribution in [0, 0.1) is 0 Å². The van der Waals surface area contributed by atoms with Gasteiger partial charge < -0.3 is 4.52 Å². The van der Waals surface area contributed by atoms with E-state index in [1.165, 1.54) is 0 Å². The second-order valence-corrected chi connectivity index (χ2v) is 7.21. The summed E-state index contributed by atoms with van der Waals surface area (Å²) in [6, 6.07) is 7.67. The minimum absolute atomic E-state index is 0.00957. The second kappa shape index (κ2) is 6.76. The van der Waals surface area contributed by atoms with Crippen LogP contribution in [0.3, 0.4) is 0 Å². The van der Waals surface area contributed by atoms with Gasteiger partial charge in [0.05, 0.1) is 5.25 Å². The Morgan fingerprint density at radius 1 is 1.26 bits per heavy atom. The summed E-state index contributed by atoms with van der Waals surface area (Å²) in [6.45, 7) is 6.11. The lowest BCUT2D eigenvalue weighted by atomic mass is 10.2. The summed E-state index contributed by atoms with van der Waals surface area (Å²) in [5.41, 5.74) is 0.970. The first-order valence-electron chi connectivity index (χ1n) is 7.34. The smallest absolute Gasteiger partial charge is 0.239 e. The molecule has 0 aliphatic carbocycles. The van der Waals surface area contributed by atoms with Gasteiger partial charge in [0.15, 0.2) is 11.0 Å². The van der Waals surface area contributed by atoms with Gasteiger partial charge in [0.25, 0.3) is 0 Å². The molecule has 2 aromatic heterocycles. The van der Waals surface area contributed by atoms with Crippen LogP contribution in [0.25, 0.3) is 5.69 Å². The van der Waals surface area contributed by atoms with Crippen molar-refractivity contribution < 1.29 is 4.52 Å². The highest BCUT2D eigenvalue weighted by Crippen LogP contribution is 2.34. The zero-order valence-corrected chi connectivity index (χ0v) is 14.7. The normalized spacial score (nSPS) is 12.7. The largest absolute Gasteiger partial charge is 0.338 e. The minimum Gasteiger partial charge on any atom is -0.338 e. The molecule has 0 unspecified atom stereocenters. The lowest BCUT2D eigenvalue weighted by Gasteiger charge is -2.10. The Hall–Kier alpha value is -1.79. The van der Waals surface area contributed by atoms with E-state index < -0.39 is 0 Å². The van der Waals surface area contributed by atoms with Crippen LogP contribution in [0.2, 0.25) is 5.02 Å². The second-order valence-electron chi connectivity index (χ2n) is 5.47. The Balaban J connectivity index is 1.82. The summed E-state index contributed by atoms with van der Waals surface area (Å²) >= 11 is 7.64. The molecule has 0 radical (unpaired) electrons. The quantitative estimate of drug-likeness (QED) is 0.615. The molecule has 1 atom stereocenters. The molecular weight excluding hydrogens is 332 g/mol. The molecule has 0 fully saturated rings. The van der Waals surface area contributed by atoms with E-state index in [4.69, 9.17) is 16.1 Å². The maximum Gasteiger partial charge on any atom is 0.239 e. The Kier molecular flexibility index (Phi) is 4.73. The molecular formula is C16H17ClN4OS. The average molecular weight is 349 g/mol. The van der Waals surface area contributed by atoms with Gasteiger partial charge in [-0.3, -0.25) is 4.57 Å². The topological polar surface area (TPSA) is 56.7 Å². The highest BCUT2D eigenvalue weighted by molar-refractivity contribution is 7.99. The molecule has 3 aromatic rings. The maximum absolute atomic E-state index is 6.07. The summed E-state index contributed by atoms with van der Waals surface area (Å²) in [6.07, 6.45) is 3.68. The monoisotopic (exact) mass is 348 g/mol. The summed E-state index contributed by atoms with van der Waals surface area (Å²) in [5.74, 6) is 1.59. The number of aromatic nitrogens is 4. The van der Waals surface area contributed by atoms with E-state index in [0.29, 0.717) is 10.9 Å². The summed E-state index contributed by atoms with van der Waals surface area (Å²) in [7, 11) is 0. The molecule has 23 heavy (non-hydrogen) atoms. The van der Waals surface area contributed by atoms with E-state index >= 15 is 0 Å². The van der Waals surface area contributed by atoms with E-state index in [1.54, 1.807) is 18.0 Å². The number of hydrogen-bond donors (Lipinski definition) is 0. The predicted molar refractivity (Wildman–Crippen MR) is 91.2 cm³/mol. The van der Waals surface area contributed by atoms with Crippen molar-refractivity contribution in [3.8, 4) is 5.69 Å². The Morgan fingerprint density at radius 2 is 2.09 bits per heavy atom. The van der Waals surface area contributed by atoms with E-state index in [2.05, 4.69) is 15.1 Å². The molecule has 120 valence electrons. The third-order valence-electron chi connectivity index (χ3n) is 3.30. The van der Waals surface area contributed by atoms with Gasteiger partial charge in [0.2, 0.25) is 5.89 Å². The van der Waals surface area contributed by atoms with Gasteiger partial charge in [0, 0.05) is 29.0 Å². The first kappa shape index (κ1) is 16.1. The van der Waals surface area contributed by atoms with Crippen LogP contribution in [0.1, 0.15) is 43.7 Å². The molecule has 0 saturated heterocycles. The van der Waals surface area contributed by atoms with Crippen LogP contribution in [0.15, 0.2) is 46.3 Å². The number of rotatable bonds is 5. The standard InChI is InChI=1S/C16H17ClN4OS/c1-10(2)14-19-15(22-20-14)11(3)23-16-18-7-8-21(16)13-6-4-5-12(17)9-13/h4-11H,1-3H3/t11-/m0/s1. The summed E-state index contributed by atoms with van der Waals surface area (Å²) in [4.78, 5) is 8.87. The number of benzene rings is 1. The Morgan fingerprint density at radius 3 is 2.78 bits per heavy atom. The molecule has 0 N–H and O–H groups in total. The van der Waals surface area contributed by atoms with Gasteiger partial charge in [-0.05, 0) is 25.1 Å². The van der Waals surface area contributed by atoms with Crippen molar-refractivity contribution in [1.82, 2.24) is 19.7 Å². The van der Waals surface area contributed by atoms with Gasteiger partial charge in [-0.15, -0.1) is 0 Å². The molecule has 5 nitrogen and oxygen atoms in total. The van der Waals surface area contributed by atoms with Gasteiger partial charge in [0.1, 0.15) is 0 Å².